The topological polar surface area (TPSA) is 114 Å². The Morgan fingerprint density at radius 1 is 1.06 bits per heavy atom. The van der Waals surface area contributed by atoms with Gasteiger partial charge in [-0.1, -0.05) is 30.3 Å². The Labute approximate surface area is 211 Å². The van der Waals surface area contributed by atoms with Crippen molar-refractivity contribution in [2.75, 3.05) is 13.7 Å². The smallest absolute Gasteiger partial charge is 0.251 e. The van der Waals surface area contributed by atoms with E-state index in [2.05, 4.69) is 10.0 Å². The van der Waals surface area contributed by atoms with Crippen LogP contribution in [-0.4, -0.2) is 44.8 Å². The van der Waals surface area contributed by atoms with E-state index >= 15 is 0 Å². The molecule has 0 bridgehead atoms. The van der Waals surface area contributed by atoms with Gasteiger partial charge in [-0.3, -0.25) is 4.79 Å². The van der Waals surface area contributed by atoms with Crippen LogP contribution < -0.4 is 19.5 Å². The number of ether oxygens (including phenoxy) is 2. The molecule has 0 aliphatic carbocycles. The number of sulfonamides is 1. The van der Waals surface area contributed by atoms with Gasteiger partial charge in [0.25, 0.3) is 5.91 Å². The summed E-state index contributed by atoms with van der Waals surface area (Å²) >= 11 is 0. The van der Waals surface area contributed by atoms with Crippen molar-refractivity contribution >= 4 is 15.9 Å². The molecule has 0 aromatic heterocycles. The summed E-state index contributed by atoms with van der Waals surface area (Å²) in [6.07, 6.45) is -0.535. The number of carbonyl (C=O) groups is 1. The summed E-state index contributed by atoms with van der Waals surface area (Å²) in [5.74, 6) is 0.618. The van der Waals surface area contributed by atoms with Crippen LogP contribution in [0.1, 0.15) is 41.4 Å². The highest BCUT2D eigenvalue weighted by molar-refractivity contribution is 7.89. The van der Waals surface area contributed by atoms with Gasteiger partial charge in [0.05, 0.1) is 18.0 Å². The zero-order chi connectivity index (χ0) is 25.9. The Hall–Kier alpha value is -3.40. The molecule has 190 valence electrons. The number of fused-ring (bicyclic) bond motifs is 1. The lowest BCUT2D eigenvalue weighted by atomic mass is 9.86. The highest BCUT2D eigenvalue weighted by Crippen LogP contribution is 2.41. The molecule has 1 heterocycles. The molecule has 3 N–H and O–H groups in total. The first-order chi connectivity index (χ1) is 17.1. The fraction of sp³-hybridized carbons (Fsp3) is 0.296. The number of methoxy groups -OCH3 is 1. The van der Waals surface area contributed by atoms with Crippen molar-refractivity contribution in [1.82, 2.24) is 10.0 Å². The highest BCUT2D eigenvalue weighted by Gasteiger charge is 2.44. The molecule has 3 aromatic rings. The molecule has 36 heavy (non-hydrogen) atoms. The number of carbonyl (C=O) groups excluding carboxylic acids is 1. The predicted molar refractivity (Wildman–Crippen MR) is 136 cm³/mol. The molecule has 0 saturated carbocycles. The monoisotopic (exact) mass is 510 g/mol. The van der Waals surface area contributed by atoms with Crippen molar-refractivity contribution in [3.05, 3.63) is 89.5 Å². The maximum atomic E-state index is 13.2. The summed E-state index contributed by atoms with van der Waals surface area (Å²) in [5.41, 5.74) is 0.759. The van der Waals surface area contributed by atoms with Crippen molar-refractivity contribution in [3.8, 4) is 11.5 Å². The third kappa shape index (κ3) is 5.53. The van der Waals surface area contributed by atoms with Crippen molar-refractivity contribution in [3.63, 3.8) is 0 Å². The van der Waals surface area contributed by atoms with Crippen LogP contribution in [-0.2, 0) is 16.4 Å². The molecule has 0 saturated heterocycles. The summed E-state index contributed by atoms with van der Waals surface area (Å²) < 4.78 is 40.0. The lowest BCUT2D eigenvalue weighted by Crippen LogP contribution is -2.53. The summed E-state index contributed by atoms with van der Waals surface area (Å²) in [6, 6.07) is 19.5. The molecular weight excluding hydrogens is 480 g/mol. The van der Waals surface area contributed by atoms with Gasteiger partial charge in [0.15, 0.2) is 0 Å². The molecule has 2 atom stereocenters. The molecule has 0 radical (unpaired) electrons. The Morgan fingerprint density at radius 2 is 1.75 bits per heavy atom. The molecule has 3 aromatic carbocycles. The minimum absolute atomic E-state index is 0.0242. The third-order valence-corrected chi connectivity index (χ3v) is 7.66. The zero-order valence-electron chi connectivity index (χ0n) is 20.4. The largest absolute Gasteiger partial charge is 0.497 e. The lowest BCUT2D eigenvalue weighted by Gasteiger charge is -2.42. The number of hydrogen-bond donors (Lipinski definition) is 3. The van der Waals surface area contributed by atoms with E-state index in [4.69, 9.17) is 9.47 Å². The van der Waals surface area contributed by atoms with Gasteiger partial charge in [-0.2, -0.15) is 0 Å². The Morgan fingerprint density at radius 3 is 2.42 bits per heavy atom. The quantitative estimate of drug-likeness (QED) is 0.429. The van der Waals surface area contributed by atoms with Gasteiger partial charge in [0.1, 0.15) is 23.2 Å². The summed E-state index contributed by atoms with van der Waals surface area (Å²) in [7, 11) is -2.52. The second-order valence-electron chi connectivity index (χ2n) is 9.17. The number of aliphatic hydroxyl groups is 1. The third-order valence-electron chi connectivity index (χ3n) is 6.20. The highest BCUT2D eigenvalue weighted by atomic mass is 32.2. The van der Waals surface area contributed by atoms with Crippen LogP contribution in [0.2, 0.25) is 0 Å². The van der Waals surface area contributed by atoms with E-state index in [0.29, 0.717) is 35.6 Å². The molecule has 9 heteroatoms. The molecule has 0 spiro atoms. The second kappa shape index (κ2) is 10.3. The summed E-state index contributed by atoms with van der Waals surface area (Å²) in [5, 5.41) is 13.9. The van der Waals surface area contributed by atoms with Crippen LogP contribution in [0.25, 0.3) is 0 Å². The number of nitrogens with one attached hydrogen (secondary N) is 2. The first-order valence-electron chi connectivity index (χ1n) is 11.6. The molecule has 8 nitrogen and oxygen atoms in total. The number of hydrogen-bond acceptors (Lipinski definition) is 6. The van der Waals surface area contributed by atoms with Gasteiger partial charge < -0.3 is 19.9 Å². The predicted octanol–water partition coefficient (Wildman–Crippen LogP) is 3.22. The molecule has 0 fully saturated rings. The van der Waals surface area contributed by atoms with Crippen molar-refractivity contribution in [2.45, 2.75) is 42.9 Å². The first kappa shape index (κ1) is 25.7. The lowest BCUT2D eigenvalue weighted by molar-refractivity contribution is -0.0603. The van der Waals surface area contributed by atoms with Gasteiger partial charge in [0.2, 0.25) is 10.0 Å². The molecular formula is C27H30N2O6S. The number of rotatable bonds is 8. The molecule has 1 aliphatic rings. The average molecular weight is 511 g/mol. The van der Waals surface area contributed by atoms with Gasteiger partial charge in [-0.15, -0.1) is 0 Å². The summed E-state index contributed by atoms with van der Waals surface area (Å²) in [4.78, 5) is 12.9. The first-order valence-corrected chi connectivity index (χ1v) is 13.1. The molecule has 1 amide bonds. The van der Waals surface area contributed by atoms with Crippen LogP contribution in [0, 0.1) is 0 Å². The maximum absolute atomic E-state index is 13.2. The van der Waals surface area contributed by atoms with Crippen molar-refractivity contribution in [1.29, 1.82) is 0 Å². The van der Waals surface area contributed by atoms with Crippen molar-refractivity contribution in [2.24, 2.45) is 0 Å². The Balaban J connectivity index is 1.58. The molecule has 1 aliphatic heterocycles. The summed E-state index contributed by atoms with van der Waals surface area (Å²) in [6.45, 7) is 3.80. The van der Waals surface area contributed by atoms with Crippen LogP contribution >= 0.6 is 0 Å². The van der Waals surface area contributed by atoms with Gasteiger partial charge in [-0.25, -0.2) is 13.1 Å². The second-order valence-corrected chi connectivity index (χ2v) is 10.9. The minimum atomic E-state index is -4.01. The van der Waals surface area contributed by atoms with E-state index in [9.17, 15) is 18.3 Å². The Bertz CT molecular complexity index is 1320. The molecule has 0 unspecified atom stereocenters. The van der Waals surface area contributed by atoms with E-state index in [1.165, 1.54) is 19.2 Å². The van der Waals surface area contributed by atoms with E-state index < -0.39 is 27.8 Å². The van der Waals surface area contributed by atoms with Crippen LogP contribution in [0.5, 0.6) is 11.5 Å². The van der Waals surface area contributed by atoms with E-state index in [1.54, 1.807) is 44.2 Å². The van der Waals surface area contributed by atoms with Crippen LogP contribution in [0.3, 0.4) is 0 Å². The van der Waals surface area contributed by atoms with Gasteiger partial charge >= 0.3 is 0 Å². The zero-order valence-corrected chi connectivity index (χ0v) is 21.2. The van der Waals surface area contributed by atoms with Gasteiger partial charge in [-0.05, 0) is 68.3 Å². The van der Waals surface area contributed by atoms with E-state index in [0.717, 1.165) is 5.56 Å². The van der Waals surface area contributed by atoms with Crippen molar-refractivity contribution < 1.29 is 27.8 Å². The van der Waals surface area contributed by atoms with Crippen LogP contribution in [0.4, 0.5) is 0 Å². The average Bonchev–Trinajstić information content (AvgIpc) is 2.87. The fourth-order valence-electron chi connectivity index (χ4n) is 4.13. The van der Waals surface area contributed by atoms with E-state index in [1.807, 2.05) is 30.3 Å². The van der Waals surface area contributed by atoms with Gasteiger partial charge in [0, 0.05) is 17.7 Å². The minimum Gasteiger partial charge on any atom is -0.497 e. The standard InChI is InChI=1S/C27H30N2O6S/c1-27(2)25(30)24(29-36(32,33)21-12-10-20(34-3)11-13-21)22-17-19(9-14-23(22)35-27)26(31)28-16-15-18-7-5-4-6-8-18/h4-14,17,24-25,29-30H,15-16H2,1-3H3,(H,28,31)/t24-,25+/m1/s1. The van der Waals surface area contributed by atoms with Crippen LogP contribution in [0.15, 0.2) is 77.7 Å². The number of benzene rings is 3. The molecule has 4 rings (SSSR count). The maximum Gasteiger partial charge on any atom is 0.251 e. The number of amides is 1. The number of aliphatic hydroxyl groups excluding tert-OH is 1. The SMILES string of the molecule is COc1ccc(S(=O)(=O)N[C@@H]2c3cc(C(=O)NCCc4ccccc4)ccc3OC(C)(C)[C@H]2O)cc1. The van der Waals surface area contributed by atoms with E-state index in [-0.39, 0.29) is 10.8 Å². The fourth-order valence-corrected chi connectivity index (χ4v) is 5.35. The normalized spacial score (nSPS) is 18.6. The Kier molecular flexibility index (Phi) is 7.35.